The molecule has 1 amide bonds. The summed E-state index contributed by atoms with van der Waals surface area (Å²) in [6.07, 6.45) is 8.33. The molecule has 0 saturated heterocycles. The number of nitrogens with one attached hydrogen (secondary N) is 2. The molecule has 2 aromatic rings. The van der Waals surface area contributed by atoms with Crippen LogP contribution in [0.15, 0.2) is 42.6 Å². The number of pyridine rings is 1. The number of fused-ring (bicyclic) bond motifs is 2. The second-order valence-corrected chi connectivity index (χ2v) is 7.21. The molecule has 0 bridgehead atoms. The predicted molar refractivity (Wildman–Crippen MR) is 101 cm³/mol. The van der Waals surface area contributed by atoms with E-state index in [2.05, 4.69) is 27.8 Å². The summed E-state index contributed by atoms with van der Waals surface area (Å²) in [6, 6.07) is 8.10. The zero-order chi connectivity index (χ0) is 17.4. The van der Waals surface area contributed by atoms with Gasteiger partial charge in [-0.2, -0.15) is 0 Å². The van der Waals surface area contributed by atoms with Crippen LogP contribution in [0.5, 0.6) is 0 Å². The molecular formula is C20H20ClN3O. The van der Waals surface area contributed by atoms with E-state index in [0.717, 1.165) is 52.5 Å². The van der Waals surface area contributed by atoms with Gasteiger partial charge in [-0.05, 0) is 24.0 Å². The number of benzene rings is 1. The van der Waals surface area contributed by atoms with E-state index < -0.39 is 0 Å². The molecule has 25 heavy (non-hydrogen) atoms. The van der Waals surface area contributed by atoms with E-state index in [4.69, 9.17) is 11.6 Å². The highest BCUT2D eigenvalue weighted by atomic mass is 35.5. The molecule has 4 nitrogen and oxygen atoms in total. The van der Waals surface area contributed by atoms with Crippen molar-refractivity contribution < 1.29 is 4.79 Å². The number of carbonyl (C=O) groups is 1. The number of hydrogen-bond acceptors (Lipinski definition) is 3. The highest BCUT2D eigenvalue weighted by molar-refractivity contribution is 6.34. The van der Waals surface area contributed by atoms with Crippen molar-refractivity contribution in [3.63, 3.8) is 0 Å². The van der Waals surface area contributed by atoms with Crippen LogP contribution in [0.3, 0.4) is 0 Å². The molecule has 2 heterocycles. The molecule has 1 aliphatic heterocycles. The first kappa shape index (κ1) is 16.2. The number of allylic oxidation sites excluding steroid dienone is 2. The van der Waals surface area contributed by atoms with Gasteiger partial charge in [0, 0.05) is 42.8 Å². The standard InChI is InChI=1S/C20H20ClN3O/c1-13(25)22-10-14-4-6-15(7-5-14)16-11-23-19-17(18(16)21)20(12-24-19)8-2-3-9-20/h2-7,11H,8-10,12H2,1H3,(H,22,25)(H,23,24). The fourth-order valence-electron chi connectivity index (χ4n) is 3.73. The van der Waals surface area contributed by atoms with Gasteiger partial charge in [0.1, 0.15) is 5.82 Å². The first-order chi connectivity index (χ1) is 12.1. The molecule has 0 atom stereocenters. The molecule has 1 aromatic carbocycles. The number of nitrogens with zero attached hydrogens (tertiary/aromatic N) is 1. The quantitative estimate of drug-likeness (QED) is 0.818. The molecule has 5 heteroatoms. The van der Waals surface area contributed by atoms with Gasteiger partial charge >= 0.3 is 0 Å². The van der Waals surface area contributed by atoms with Crippen LogP contribution < -0.4 is 10.6 Å². The van der Waals surface area contributed by atoms with Gasteiger partial charge in [0.15, 0.2) is 0 Å². The molecule has 128 valence electrons. The summed E-state index contributed by atoms with van der Waals surface area (Å²) >= 11 is 6.84. The largest absolute Gasteiger partial charge is 0.369 e. The number of halogens is 1. The van der Waals surface area contributed by atoms with E-state index in [9.17, 15) is 4.79 Å². The Bertz CT molecular complexity index is 850. The zero-order valence-corrected chi connectivity index (χ0v) is 14.9. The van der Waals surface area contributed by atoms with Crippen LogP contribution in [0.2, 0.25) is 5.02 Å². The number of rotatable bonds is 3. The topological polar surface area (TPSA) is 54.0 Å². The molecule has 1 spiro atoms. The predicted octanol–water partition coefficient (Wildman–Crippen LogP) is 4.05. The van der Waals surface area contributed by atoms with Crippen molar-refractivity contribution in [1.82, 2.24) is 10.3 Å². The zero-order valence-electron chi connectivity index (χ0n) is 14.1. The SMILES string of the molecule is CC(=O)NCc1ccc(-c2cnc3c(c2Cl)C2(CC=CC2)CN3)cc1. The lowest BCUT2D eigenvalue weighted by Crippen LogP contribution is -2.25. The highest BCUT2D eigenvalue weighted by Gasteiger charge is 2.42. The first-order valence-electron chi connectivity index (χ1n) is 8.51. The van der Waals surface area contributed by atoms with E-state index in [1.54, 1.807) is 0 Å². The molecule has 1 aliphatic carbocycles. The smallest absolute Gasteiger partial charge is 0.217 e. The third kappa shape index (κ3) is 2.81. The van der Waals surface area contributed by atoms with E-state index >= 15 is 0 Å². The van der Waals surface area contributed by atoms with Crippen molar-refractivity contribution in [2.24, 2.45) is 0 Å². The lowest BCUT2D eigenvalue weighted by Gasteiger charge is -2.24. The second-order valence-electron chi connectivity index (χ2n) is 6.83. The molecule has 0 radical (unpaired) electrons. The third-order valence-corrected chi connectivity index (χ3v) is 5.52. The van der Waals surface area contributed by atoms with E-state index in [1.165, 1.54) is 6.92 Å². The Morgan fingerprint density at radius 3 is 2.68 bits per heavy atom. The molecular weight excluding hydrogens is 334 g/mol. The second kappa shape index (κ2) is 6.19. The maximum Gasteiger partial charge on any atom is 0.217 e. The maximum absolute atomic E-state index is 11.0. The Kier molecular flexibility index (Phi) is 4.00. The van der Waals surface area contributed by atoms with Crippen LogP contribution in [-0.4, -0.2) is 17.4 Å². The molecule has 2 aliphatic rings. The van der Waals surface area contributed by atoms with Gasteiger partial charge in [-0.25, -0.2) is 4.98 Å². The summed E-state index contributed by atoms with van der Waals surface area (Å²) in [7, 11) is 0. The van der Waals surface area contributed by atoms with Crippen molar-refractivity contribution in [3.05, 3.63) is 58.8 Å². The number of hydrogen-bond donors (Lipinski definition) is 2. The fourth-order valence-corrected chi connectivity index (χ4v) is 4.18. The first-order valence-corrected chi connectivity index (χ1v) is 8.88. The third-order valence-electron chi connectivity index (χ3n) is 5.13. The number of amides is 1. The minimum Gasteiger partial charge on any atom is -0.369 e. The molecule has 4 rings (SSSR count). The molecule has 1 aromatic heterocycles. The Morgan fingerprint density at radius 1 is 1.28 bits per heavy atom. The van der Waals surface area contributed by atoms with E-state index in [0.29, 0.717) is 6.54 Å². The normalized spacial score (nSPS) is 16.7. The monoisotopic (exact) mass is 353 g/mol. The van der Waals surface area contributed by atoms with Gasteiger partial charge in [0.05, 0.1) is 5.02 Å². The molecule has 0 fully saturated rings. The van der Waals surface area contributed by atoms with Crippen LogP contribution in [-0.2, 0) is 16.8 Å². The Labute approximate surface area is 152 Å². The summed E-state index contributed by atoms with van der Waals surface area (Å²) in [5.41, 5.74) is 4.27. The Hall–Kier alpha value is -2.33. The van der Waals surface area contributed by atoms with Gasteiger partial charge in [0.25, 0.3) is 0 Å². The van der Waals surface area contributed by atoms with Crippen molar-refractivity contribution in [1.29, 1.82) is 0 Å². The van der Waals surface area contributed by atoms with Gasteiger partial charge in [0.2, 0.25) is 5.91 Å². The summed E-state index contributed by atoms with van der Waals surface area (Å²) in [4.78, 5) is 15.7. The van der Waals surface area contributed by atoms with E-state index in [-0.39, 0.29) is 11.3 Å². The summed E-state index contributed by atoms with van der Waals surface area (Å²) in [5.74, 6) is 0.887. The molecule has 0 unspecified atom stereocenters. The maximum atomic E-state index is 11.0. The Morgan fingerprint density at radius 2 is 2.00 bits per heavy atom. The minimum absolute atomic E-state index is 0.0297. The van der Waals surface area contributed by atoms with Gasteiger partial charge in [-0.1, -0.05) is 48.0 Å². The van der Waals surface area contributed by atoms with Crippen LogP contribution in [0.25, 0.3) is 11.1 Å². The van der Waals surface area contributed by atoms with Crippen molar-refractivity contribution >= 4 is 23.3 Å². The van der Waals surface area contributed by atoms with Crippen molar-refractivity contribution in [3.8, 4) is 11.1 Å². The average molecular weight is 354 g/mol. The molecule has 0 saturated carbocycles. The fraction of sp³-hybridized carbons (Fsp3) is 0.300. The number of carbonyl (C=O) groups excluding carboxylic acids is 1. The van der Waals surface area contributed by atoms with Gasteiger partial charge in [-0.15, -0.1) is 0 Å². The summed E-state index contributed by atoms with van der Waals surface area (Å²) in [6.45, 7) is 2.94. The van der Waals surface area contributed by atoms with E-state index in [1.807, 2.05) is 30.5 Å². The van der Waals surface area contributed by atoms with Crippen LogP contribution in [0.4, 0.5) is 5.82 Å². The minimum atomic E-state index is -0.0297. The lowest BCUT2D eigenvalue weighted by molar-refractivity contribution is -0.119. The van der Waals surface area contributed by atoms with Crippen molar-refractivity contribution in [2.75, 3.05) is 11.9 Å². The average Bonchev–Trinajstić information content (AvgIpc) is 3.23. The van der Waals surface area contributed by atoms with Gasteiger partial charge < -0.3 is 10.6 Å². The number of anilines is 1. The highest BCUT2D eigenvalue weighted by Crippen LogP contribution is 2.49. The Balaban J connectivity index is 1.67. The van der Waals surface area contributed by atoms with Crippen molar-refractivity contribution in [2.45, 2.75) is 31.7 Å². The molecule has 2 N–H and O–H groups in total. The van der Waals surface area contributed by atoms with Gasteiger partial charge in [-0.3, -0.25) is 4.79 Å². The number of aromatic nitrogens is 1. The lowest BCUT2D eigenvalue weighted by atomic mass is 9.80. The van der Waals surface area contributed by atoms with Crippen LogP contribution >= 0.6 is 11.6 Å². The summed E-state index contributed by atoms with van der Waals surface area (Å²) in [5, 5.41) is 7.02. The van der Waals surface area contributed by atoms with Crippen LogP contribution in [0.1, 0.15) is 30.9 Å². The van der Waals surface area contributed by atoms with Crippen LogP contribution in [0, 0.1) is 0 Å². The summed E-state index contributed by atoms with van der Waals surface area (Å²) < 4.78 is 0.